The number of aromatic nitrogens is 2. The van der Waals surface area contributed by atoms with Crippen molar-refractivity contribution < 1.29 is 4.79 Å². The van der Waals surface area contributed by atoms with Gasteiger partial charge in [0.2, 0.25) is 0 Å². The van der Waals surface area contributed by atoms with Crippen LogP contribution in [0.4, 0.5) is 5.69 Å². The zero-order valence-corrected chi connectivity index (χ0v) is 13.3. The van der Waals surface area contributed by atoms with Gasteiger partial charge in [0.15, 0.2) is 0 Å². The third-order valence-electron chi connectivity index (χ3n) is 3.70. The Labute approximate surface area is 132 Å². The number of anilines is 1. The largest absolute Gasteiger partial charge is 0.295 e. The number of pyridine rings is 2. The third-order valence-corrected chi connectivity index (χ3v) is 4.12. The summed E-state index contributed by atoms with van der Waals surface area (Å²) < 4.78 is 0. The van der Waals surface area contributed by atoms with Crippen molar-refractivity contribution in [3.8, 4) is 0 Å². The molecule has 0 unspecified atom stereocenters. The molecule has 0 fully saturated rings. The van der Waals surface area contributed by atoms with Gasteiger partial charge in [0.05, 0.1) is 33.2 Å². The number of carbonyl (C=O) groups excluding carboxylic acids is 1. The van der Waals surface area contributed by atoms with Crippen LogP contribution >= 0.6 is 23.2 Å². The van der Waals surface area contributed by atoms with Crippen LogP contribution in [-0.4, -0.2) is 15.9 Å². The van der Waals surface area contributed by atoms with Gasteiger partial charge in [-0.1, -0.05) is 23.2 Å². The van der Waals surface area contributed by atoms with E-state index in [0.29, 0.717) is 27.1 Å². The van der Waals surface area contributed by atoms with Gasteiger partial charge >= 0.3 is 0 Å². The maximum absolute atomic E-state index is 12.8. The predicted molar refractivity (Wildman–Crippen MR) is 83.1 cm³/mol. The molecule has 0 N–H and O–H groups in total. The van der Waals surface area contributed by atoms with Gasteiger partial charge in [-0.3, -0.25) is 14.7 Å². The van der Waals surface area contributed by atoms with Crippen molar-refractivity contribution in [1.29, 1.82) is 0 Å². The Balaban J connectivity index is 2.22. The van der Waals surface area contributed by atoms with E-state index in [-0.39, 0.29) is 5.91 Å². The van der Waals surface area contributed by atoms with Gasteiger partial charge in [0, 0.05) is 6.20 Å². The van der Waals surface area contributed by atoms with E-state index in [2.05, 4.69) is 9.97 Å². The van der Waals surface area contributed by atoms with Gasteiger partial charge in [-0.25, -0.2) is 4.98 Å². The molecular weight excluding hydrogens is 309 g/mol. The Kier molecular flexibility index (Phi) is 3.19. The van der Waals surface area contributed by atoms with Gasteiger partial charge in [-0.2, -0.15) is 0 Å². The van der Waals surface area contributed by atoms with E-state index in [0.717, 1.165) is 5.69 Å². The minimum absolute atomic E-state index is 0.119. The molecule has 21 heavy (non-hydrogen) atoms. The smallest absolute Gasteiger partial charge is 0.261 e. The summed E-state index contributed by atoms with van der Waals surface area (Å²) >= 11 is 12.0. The van der Waals surface area contributed by atoms with Crippen molar-refractivity contribution in [3.63, 3.8) is 0 Å². The zero-order chi connectivity index (χ0) is 15.4. The number of fused-ring (bicyclic) bond motifs is 1. The summed E-state index contributed by atoms with van der Waals surface area (Å²) in [7, 11) is 0. The fourth-order valence-corrected chi connectivity index (χ4v) is 2.99. The standard InChI is InChI=1S/C15H13Cl2N3O/c1-8-11(6-9(16)7-18-8)20-14(21)10-4-5-12(17)19-13(10)15(20,2)3/h4-7H,1-3H3. The number of halogens is 2. The lowest BCUT2D eigenvalue weighted by molar-refractivity contribution is 0.0982. The minimum Gasteiger partial charge on any atom is -0.295 e. The number of rotatable bonds is 1. The van der Waals surface area contributed by atoms with Crippen LogP contribution in [-0.2, 0) is 5.54 Å². The van der Waals surface area contributed by atoms with Crippen molar-refractivity contribution in [1.82, 2.24) is 9.97 Å². The summed E-state index contributed by atoms with van der Waals surface area (Å²) in [6.07, 6.45) is 1.57. The first kappa shape index (κ1) is 14.3. The molecule has 4 nitrogen and oxygen atoms in total. The first-order valence-corrected chi connectivity index (χ1v) is 7.21. The Hall–Kier alpha value is -1.65. The number of nitrogens with zero attached hydrogens (tertiary/aromatic N) is 3. The van der Waals surface area contributed by atoms with Crippen LogP contribution in [0, 0.1) is 6.92 Å². The number of hydrogen-bond donors (Lipinski definition) is 0. The maximum atomic E-state index is 12.8. The van der Waals surface area contributed by atoms with Crippen molar-refractivity contribution in [3.05, 3.63) is 51.5 Å². The van der Waals surface area contributed by atoms with Crippen LogP contribution in [0.1, 0.15) is 35.6 Å². The highest BCUT2D eigenvalue weighted by Crippen LogP contribution is 2.42. The van der Waals surface area contributed by atoms with E-state index < -0.39 is 5.54 Å². The lowest BCUT2D eigenvalue weighted by atomic mass is 9.99. The molecule has 2 aromatic rings. The second kappa shape index (κ2) is 4.68. The first-order chi connectivity index (χ1) is 9.82. The molecule has 1 aliphatic rings. The molecule has 2 aromatic heterocycles. The van der Waals surface area contributed by atoms with Crippen LogP contribution in [0.3, 0.4) is 0 Å². The average molecular weight is 322 g/mol. The Bertz CT molecular complexity index is 759. The maximum Gasteiger partial charge on any atom is 0.261 e. The molecule has 0 radical (unpaired) electrons. The molecule has 0 spiro atoms. The van der Waals surface area contributed by atoms with Crippen molar-refractivity contribution >= 4 is 34.8 Å². The number of carbonyl (C=O) groups is 1. The van der Waals surface area contributed by atoms with Crippen LogP contribution in [0.5, 0.6) is 0 Å². The molecule has 0 aliphatic carbocycles. The highest BCUT2D eigenvalue weighted by Gasteiger charge is 2.46. The van der Waals surface area contributed by atoms with Crippen LogP contribution in [0.15, 0.2) is 24.4 Å². The van der Waals surface area contributed by atoms with Crippen molar-refractivity contribution in [2.24, 2.45) is 0 Å². The van der Waals surface area contributed by atoms with E-state index in [9.17, 15) is 4.79 Å². The van der Waals surface area contributed by atoms with E-state index >= 15 is 0 Å². The highest BCUT2D eigenvalue weighted by molar-refractivity contribution is 6.31. The van der Waals surface area contributed by atoms with E-state index in [4.69, 9.17) is 23.2 Å². The third kappa shape index (κ3) is 2.10. The van der Waals surface area contributed by atoms with E-state index in [1.54, 1.807) is 29.3 Å². The molecule has 6 heteroatoms. The Morgan fingerprint density at radius 3 is 2.67 bits per heavy atom. The van der Waals surface area contributed by atoms with Gasteiger partial charge in [-0.15, -0.1) is 0 Å². The lowest BCUT2D eigenvalue weighted by Crippen LogP contribution is -2.40. The Morgan fingerprint density at radius 1 is 1.24 bits per heavy atom. The number of aryl methyl sites for hydroxylation is 1. The summed E-state index contributed by atoms with van der Waals surface area (Å²) in [5.41, 5.74) is 2.03. The van der Waals surface area contributed by atoms with Crippen molar-refractivity contribution in [2.75, 3.05) is 4.90 Å². The van der Waals surface area contributed by atoms with Crippen LogP contribution in [0.25, 0.3) is 0 Å². The zero-order valence-electron chi connectivity index (χ0n) is 11.8. The molecule has 1 amide bonds. The van der Waals surface area contributed by atoms with Gasteiger partial charge in [-0.05, 0) is 39.0 Å². The average Bonchev–Trinajstić information content (AvgIpc) is 2.60. The van der Waals surface area contributed by atoms with Crippen LogP contribution < -0.4 is 4.90 Å². The molecule has 3 rings (SSSR count). The summed E-state index contributed by atoms with van der Waals surface area (Å²) in [5, 5.41) is 0.860. The lowest BCUT2D eigenvalue weighted by Gasteiger charge is -2.32. The second-order valence-corrected chi connectivity index (χ2v) is 6.31. The second-order valence-electron chi connectivity index (χ2n) is 5.49. The van der Waals surface area contributed by atoms with Gasteiger partial charge < -0.3 is 0 Å². The Morgan fingerprint density at radius 2 is 1.95 bits per heavy atom. The molecule has 0 aromatic carbocycles. The van der Waals surface area contributed by atoms with Crippen LogP contribution in [0.2, 0.25) is 10.2 Å². The summed E-state index contributed by atoms with van der Waals surface area (Å²) in [5.74, 6) is -0.119. The summed E-state index contributed by atoms with van der Waals surface area (Å²) in [6, 6.07) is 5.08. The predicted octanol–water partition coefficient (Wildman–Crippen LogP) is 3.99. The van der Waals surface area contributed by atoms with Gasteiger partial charge in [0.1, 0.15) is 5.15 Å². The quantitative estimate of drug-likeness (QED) is 0.746. The first-order valence-electron chi connectivity index (χ1n) is 6.46. The number of hydrogen-bond acceptors (Lipinski definition) is 3. The molecule has 1 aliphatic heterocycles. The van der Waals surface area contributed by atoms with E-state index in [1.165, 1.54) is 0 Å². The monoisotopic (exact) mass is 321 g/mol. The van der Waals surface area contributed by atoms with Crippen molar-refractivity contribution in [2.45, 2.75) is 26.3 Å². The fraction of sp³-hybridized carbons (Fsp3) is 0.267. The molecule has 0 atom stereocenters. The summed E-state index contributed by atoms with van der Waals surface area (Å²) in [6.45, 7) is 5.71. The molecule has 3 heterocycles. The fourth-order valence-electron chi connectivity index (χ4n) is 2.69. The normalized spacial score (nSPS) is 16.2. The SMILES string of the molecule is Cc1ncc(Cl)cc1N1C(=O)c2ccc(Cl)nc2C1(C)C. The van der Waals surface area contributed by atoms with Gasteiger partial charge in [0.25, 0.3) is 5.91 Å². The molecule has 0 saturated carbocycles. The topological polar surface area (TPSA) is 46.1 Å². The summed E-state index contributed by atoms with van der Waals surface area (Å²) in [4.78, 5) is 23.0. The molecule has 0 bridgehead atoms. The highest BCUT2D eigenvalue weighted by atomic mass is 35.5. The number of amides is 1. The molecular formula is C15H13Cl2N3O. The molecule has 108 valence electrons. The minimum atomic E-state index is -0.617. The molecule has 0 saturated heterocycles. The van der Waals surface area contributed by atoms with E-state index in [1.807, 2.05) is 20.8 Å².